The lowest BCUT2D eigenvalue weighted by molar-refractivity contribution is -0.136. The molecule has 0 saturated heterocycles. The van der Waals surface area contributed by atoms with Gasteiger partial charge in [-0.1, -0.05) is 6.07 Å². The van der Waals surface area contributed by atoms with E-state index in [1.165, 1.54) is 0 Å². The van der Waals surface area contributed by atoms with Crippen molar-refractivity contribution in [1.29, 1.82) is 0 Å². The smallest absolute Gasteiger partial charge is 0.307 e. The summed E-state index contributed by atoms with van der Waals surface area (Å²) in [6, 6.07) is 4.96. The van der Waals surface area contributed by atoms with Gasteiger partial charge in [-0.05, 0) is 24.6 Å². The Hall–Kier alpha value is -1.46. The molecule has 0 saturated carbocycles. The molecule has 0 amide bonds. The molecule has 0 aliphatic heterocycles. The Bertz CT molecular complexity index is 381. The first-order valence-electron chi connectivity index (χ1n) is 5.38. The first-order chi connectivity index (χ1) is 8.17. The van der Waals surface area contributed by atoms with Crippen molar-refractivity contribution < 1.29 is 24.5 Å². The van der Waals surface area contributed by atoms with Gasteiger partial charge in [0.2, 0.25) is 0 Å². The summed E-state index contributed by atoms with van der Waals surface area (Å²) < 4.78 is 10.6. The first-order valence-corrected chi connectivity index (χ1v) is 5.38. The van der Waals surface area contributed by atoms with E-state index in [0.717, 1.165) is 0 Å². The summed E-state index contributed by atoms with van der Waals surface area (Å²) in [6.07, 6.45) is -0.0552. The van der Waals surface area contributed by atoms with Crippen LogP contribution < -0.4 is 9.47 Å². The maximum absolute atomic E-state index is 10.6. The third kappa shape index (κ3) is 5.25. The quantitative estimate of drug-likeness (QED) is 0.789. The van der Waals surface area contributed by atoms with Crippen molar-refractivity contribution >= 4 is 18.4 Å². The molecule has 18 heavy (non-hydrogen) atoms. The van der Waals surface area contributed by atoms with Gasteiger partial charge in [0.1, 0.15) is 6.61 Å². The first kappa shape index (κ1) is 16.5. The fraction of sp³-hybridized carbons (Fsp3) is 0.417. The standard InChI is InChI=1S/C12H16O5.ClH/c1-2-16-11-7-9(8-12(14)15)3-4-10(11)17-6-5-13;/h3-4,7,13H,2,5-6,8H2,1H3,(H,14,15);1H. The highest BCUT2D eigenvalue weighted by molar-refractivity contribution is 5.85. The summed E-state index contributed by atoms with van der Waals surface area (Å²) in [5.74, 6) is 0.117. The van der Waals surface area contributed by atoms with E-state index in [0.29, 0.717) is 23.7 Å². The van der Waals surface area contributed by atoms with Gasteiger partial charge in [-0.2, -0.15) is 0 Å². The highest BCUT2D eigenvalue weighted by Crippen LogP contribution is 2.28. The molecule has 1 aromatic rings. The molecule has 1 rings (SSSR count). The van der Waals surface area contributed by atoms with Crippen molar-refractivity contribution in [2.45, 2.75) is 13.3 Å². The van der Waals surface area contributed by atoms with Gasteiger partial charge in [-0.25, -0.2) is 0 Å². The highest BCUT2D eigenvalue weighted by Gasteiger charge is 2.08. The molecule has 6 heteroatoms. The zero-order valence-electron chi connectivity index (χ0n) is 10.1. The lowest BCUT2D eigenvalue weighted by Crippen LogP contribution is -2.05. The van der Waals surface area contributed by atoms with Crippen molar-refractivity contribution in [2.75, 3.05) is 19.8 Å². The lowest BCUT2D eigenvalue weighted by Gasteiger charge is -2.12. The molecule has 0 unspecified atom stereocenters. The fourth-order valence-electron chi connectivity index (χ4n) is 1.38. The highest BCUT2D eigenvalue weighted by atomic mass is 35.5. The topological polar surface area (TPSA) is 76.0 Å². The summed E-state index contributed by atoms with van der Waals surface area (Å²) in [7, 11) is 0. The van der Waals surface area contributed by atoms with Crippen molar-refractivity contribution in [3.8, 4) is 11.5 Å². The van der Waals surface area contributed by atoms with Crippen LogP contribution >= 0.6 is 12.4 Å². The van der Waals surface area contributed by atoms with Gasteiger partial charge in [0.25, 0.3) is 0 Å². The number of carboxylic acid groups (broad SMARTS) is 1. The molecular formula is C12H17ClO5. The van der Waals surface area contributed by atoms with E-state index in [-0.39, 0.29) is 32.0 Å². The van der Waals surface area contributed by atoms with Crippen LogP contribution in [0.25, 0.3) is 0 Å². The average Bonchev–Trinajstić information content (AvgIpc) is 2.28. The summed E-state index contributed by atoms with van der Waals surface area (Å²) in [4.78, 5) is 10.6. The van der Waals surface area contributed by atoms with Crippen LogP contribution in [0.1, 0.15) is 12.5 Å². The molecular weight excluding hydrogens is 260 g/mol. The number of aliphatic carboxylic acids is 1. The van der Waals surface area contributed by atoms with E-state index in [9.17, 15) is 4.79 Å². The molecule has 0 aromatic heterocycles. The van der Waals surface area contributed by atoms with E-state index in [2.05, 4.69) is 0 Å². The number of hydrogen-bond donors (Lipinski definition) is 2. The normalized spacial score (nSPS) is 9.44. The summed E-state index contributed by atoms with van der Waals surface area (Å²) in [6.45, 7) is 2.40. The molecule has 0 radical (unpaired) electrons. The van der Waals surface area contributed by atoms with Gasteiger partial charge in [0, 0.05) is 0 Å². The monoisotopic (exact) mass is 276 g/mol. The maximum atomic E-state index is 10.6. The zero-order chi connectivity index (χ0) is 12.7. The van der Waals surface area contributed by atoms with Crippen LogP contribution in [0.4, 0.5) is 0 Å². The minimum atomic E-state index is -0.892. The van der Waals surface area contributed by atoms with Gasteiger partial charge in [0.05, 0.1) is 19.6 Å². The second kappa shape index (κ2) is 8.60. The average molecular weight is 277 g/mol. The molecule has 0 heterocycles. The van der Waals surface area contributed by atoms with Crippen LogP contribution in [0.3, 0.4) is 0 Å². The molecule has 0 atom stereocenters. The maximum Gasteiger partial charge on any atom is 0.307 e. The van der Waals surface area contributed by atoms with Crippen LogP contribution in [0, 0.1) is 0 Å². The summed E-state index contributed by atoms with van der Waals surface area (Å²) in [5.41, 5.74) is 0.650. The summed E-state index contributed by atoms with van der Waals surface area (Å²) >= 11 is 0. The van der Waals surface area contributed by atoms with Crippen LogP contribution in [0.15, 0.2) is 18.2 Å². The van der Waals surface area contributed by atoms with Crippen LogP contribution in [0.5, 0.6) is 11.5 Å². The molecule has 2 N–H and O–H groups in total. The van der Waals surface area contributed by atoms with Crippen LogP contribution in [-0.2, 0) is 11.2 Å². The lowest BCUT2D eigenvalue weighted by atomic mass is 10.1. The van der Waals surface area contributed by atoms with Crippen molar-refractivity contribution in [3.05, 3.63) is 23.8 Å². The number of halogens is 1. The number of aliphatic hydroxyl groups excluding tert-OH is 1. The molecule has 0 spiro atoms. The third-order valence-electron chi connectivity index (χ3n) is 2.01. The molecule has 0 aliphatic carbocycles. The number of hydrogen-bond acceptors (Lipinski definition) is 4. The molecule has 102 valence electrons. The Morgan fingerprint density at radius 2 is 2.00 bits per heavy atom. The van der Waals surface area contributed by atoms with E-state index < -0.39 is 5.97 Å². The number of rotatable bonds is 7. The Morgan fingerprint density at radius 3 is 2.56 bits per heavy atom. The Labute approximate surface area is 112 Å². The van der Waals surface area contributed by atoms with Gasteiger partial charge in [-0.15, -0.1) is 12.4 Å². The molecule has 0 fully saturated rings. The van der Waals surface area contributed by atoms with E-state index in [1.807, 2.05) is 6.92 Å². The number of benzene rings is 1. The van der Waals surface area contributed by atoms with Crippen molar-refractivity contribution in [2.24, 2.45) is 0 Å². The number of carboxylic acids is 1. The fourth-order valence-corrected chi connectivity index (χ4v) is 1.38. The predicted octanol–water partition coefficient (Wildman–Crippen LogP) is 1.51. The second-order valence-electron chi connectivity index (χ2n) is 3.36. The minimum absolute atomic E-state index is 0. The molecule has 1 aromatic carbocycles. The van der Waals surface area contributed by atoms with Gasteiger partial charge in [0.15, 0.2) is 11.5 Å². The number of aliphatic hydroxyl groups is 1. The van der Waals surface area contributed by atoms with E-state index in [4.69, 9.17) is 19.7 Å². The zero-order valence-corrected chi connectivity index (χ0v) is 10.9. The minimum Gasteiger partial charge on any atom is -0.490 e. The van der Waals surface area contributed by atoms with Crippen molar-refractivity contribution in [1.82, 2.24) is 0 Å². The molecule has 0 bridgehead atoms. The summed E-state index contributed by atoms with van der Waals surface area (Å²) in [5, 5.41) is 17.4. The largest absolute Gasteiger partial charge is 0.490 e. The second-order valence-corrected chi connectivity index (χ2v) is 3.36. The Morgan fingerprint density at radius 1 is 1.28 bits per heavy atom. The van der Waals surface area contributed by atoms with Gasteiger partial charge < -0.3 is 19.7 Å². The molecule has 0 aliphatic rings. The van der Waals surface area contributed by atoms with Gasteiger partial charge in [-0.3, -0.25) is 4.79 Å². The van der Waals surface area contributed by atoms with E-state index >= 15 is 0 Å². The number of ether oxygens (including phenoxy) is 2. The van der Waals surface area contributed by atoms with Crippen LogP contribution in [0.2, 0.25) is 0 Å². The van der Waals surface area contributed by atoms with Crippen molar-refractivity contribution in [3.63, 3.8) is 0 Å². The third-order valence-corrected chi connectivity index (χ3v) is 2.01. The Kier molecular flexibility index (Phi) is 7.91. The molecule has 5 nitrogen and oxygen atoms in total. The predicted molar refractivity (Wildman–Crippen MR) is 68.8 cm³/mol. The van der Waals surface area contributed by atoms with E-state index in [1.54, 1.807) is 18.2 Å². The SMILES string of the molecule is CCOc1cc(CC(=O)O)ccc1OCCO.Cl. The van der Waals surface area contributed by atoms with Crippen LogP contribution in [-0.4, -0.2) is 36.0 Å². The number of carbonyl (C=O) groups is 1. The Balaban J connectivity index is 0.00000289. The van der Waals surface area contributed by atoms with Gasteiger partial charge >= 0.3 is 5.97 Å².